The number of nitrogens with one attached hydrogen (secondary N) is 1. The smallest absolute Gasteiger partial charge is 0.292 e. The van der Waals surface area contributed by atoms with Crippen LogP contribution in [0.3, 0.4) is 0 Å². The lowest BCUT2D eigenvalue weighted by atomic mass is 9.86. The Hall–Kier alpha value is -2.10. The standard InChI is InChI=1S/C19H24N2O2/c1-12-8-4-6-10-15(12)20-19(23)18(22)17-13(2)21(3)16-11-7-5-9-14(16)17/h5,7,9,11-12,15H,4,6,8,10H2,1-3H3,(H,20,23). The Kier molecular flexibility index (Phi) is 4.24. The molecule has 2 unspecified atom stereocenters. The number of hydrogen-bond acceptors (Lipinski definition) is 2. The molecule has 1 amide bonds. The predicted molar refractivity (Wildman–Crippen MR) is 91.5 cm³/mol. The third kappa shape index (κ3) is 2.78. The second-order valence-electron chi connectivity index (χ2n) is 6.71. The van der Waals surface area contributed by atoms with Gasteiger partial charge in [0.05, 0.1) is 5.56 Å². The van der Waals surface area contributed by atoms with Gasteiger partial charge in [-0.1, -0.05) is 38.0 Å². The third-order valence-electron chi connectivity index (χ3n) is 5.26. The van der Waals surface area contributed by atoms with Gasteiger partial charge in [0.2, 0.25) is 0 Å². The van der Waals surface area contributed by atoms with E-state index in [4.69, 9.17) is 0 Å². The molecule has 0 spiro atoms. The molecule has 2 aromatic rings. The zero-order valence-electron chi connectivity index (χ0n) is 14.1. The van der Waals surface area contributed by atoms with Crippen LogP contribution < -0.4 is 5.32 Å². The molecule has 3 rings (SSSR count). The van der Waals surface area contributed by atoms with Gasteiger partial charge in [-0.3, -0.25) is 9.59 Å². The fourth-order valence-corrected chi connectivity index (χ4v) is 3.69. The summed E-state index contributed by atoms with van der Waals surface area (Å²) < 4.78 is 1.97. The Bertz CT molecular complexity index is 760. The first-order valence-corrected chi connectivity index (χ1v) is 8.40. The van der Waals surface area contributed by atoms with Gasteiger partial charge in [-0.15, -0.1) is 0 Å². The van der Waals surface area contributed by atoms with Crippen molar-refractivity contribution in [3.63, 3.8) is 0 Å². The number of carbonyl (C=O) groups excluding carboxylic acids is 2. The topological polar surface area (TPSA) is 51.1 Å². The molecule has 0 saturated heterocycles. The van der Waals surface area contributed by atoms with E-state index in [0.717, 1.165) is 35.9 Å². The maximum Gasteiger partial charge on any atom is 0.292 e. The molecule has 1 aliphatic carbocycles. The molecular formula is C19H24N2O2. The molecule has 1 fully saturated rings. The molecule has 1 N–H and O–H groups in total. The highest BCUT2D eigenvalue weighted by molar-refractivity contribution is 6.45. The average Bonchev–Trinajstić information content (AvgIpc) is 2.81. The van der Waals surface area contributed by atoms with Crippen molar-refractivity contribution in [2.24, 2.45) is 13.0 Å². The van der Waals surface area contributed by atoms with Crippen LogP contribution in [0.4, 0.5) is 0 Å². The number of benzene rings is 1. The quantitative estimate of drug-likeness (QED) is 0.698. The van der Waals surface area contributed by atoms with Crippen molar-refractivity contribution in [1.82, 2.24) is 9.88 Å². The van der Waals surface area contributed by atoms with E-state index in [1.165, 1.54) is 6.42 Å². The van der Waals surface area contributed by atoms with Crippen LogP contribution in [0.25, 0.3) is 10.9 Å². The summed E-state index contributed by atoms with van der Waals surface area (Å²) in [4.78, 5) is 25.2. The SMILES string of the molecule is Cc1c(C(=O)C(=O)NC2CCCCC2C)c2ccccc2n1C. The molecule has 1 heterocycles. The van der Waals surface area contributed by atoms with Gasteiger partial charge in [-0.2, -0.15) is 0 Å². The number of Topliss-reactive ketones (excluding diaryl/α,β-unsaturated/α-hetero) is 1. The number of ketones is 1. The van der Waals surface area contributed by atoms with Gasteiger partial charge in [-0.05, 0) is 31.7 Å². The molecule has 0 radical (unpaired) electrons. The lowest BCUT2D eigenvalue weighted by Crippen LogP contribution is -2.44. The average molecular weight is 312 g/mol. The van der Waals surface area contributed by atoms with Crippen molar-refractivity contribution < 1.29 is 9.59 Å². The van der Waals surface area contributed by atoms with E-state index in [-0.39, 0.29) is 6.04 Å². The Morgan fingerprint density at radius 2 is 1.87 bits per heavy atom. The fraction of sp³-hybridized carbons (Fsp3) is 0.474. The van der Waals surface area contributed by atoms with E-state index >= 15 is 0 Å². The van der Waals surface area contributed by atoms with Gasteiger partial charge >= 0.3 is 0 Å². The summed E-state index contributed by atoms with van der Waals surface area (Å²) >= 11 is 0. The largest absolute Gasteiger partial charge is 0.347 e. The van der Waals surface area contributed by atoms with E-state index in [9.17, 15) is 9.59 Å². The van der Waals surface area contributed by atoms with Crippen molar-refractivity contribution >= 4 is 22.6 Å². The first-order valence-electron chi connectivity index (χ1n) is 8.40. The van der Waals surface area contributed by atoms with Crippen LogP contribution in [0, 0.1) is 12.8 Å². The first-order chi connectivity index (χ1) is 11.0. The summed E-state index contributed by atoms with van der Waals surface area (Å²) in [6.07, 6.45) is 4.42. The van der Waals surface area contributed by atoms with Crippen LogP contribution >= 0.6 is 0 Å². The number of fused-ring (bicyclic) bond motifs is 1. The van der Waals surface area contributed by atoms with Crippen LogP contribution in [0.2, 0.25) is 0 Å². The van der Waals surface area contributed by atoms with Gasteiger partial charge in [-0.25, -0.2) is 0 Å². The number of aryl methyl sites for hydroxylation is 1. The summed E-state index contributed by atoms with van der Waals surface area (Å²) in [5.74, 6) is -0.450. The maximum atomic E-state index is 12.7. The molecule has 1 aromatic heterocycles. The Morgan fingerprint density at radius 3 is 2.61 bits per heavy atom. The van der Waals surface area contributed by atoms with Crippen molar-refractivity contribution in [3.8, 4) is 0 Å². The van der Waals surface area contributed by atoms with Crippen molar-refractivity contribution in [2.45, 2.75) is 45.6 Å². The molecule has 23 heavy (non-hydrogen) atoms. The number of rotatable bonds is 3. The van der Waals surface area contributed by atoms with Crippen LogP contribution in [-0.2, 0) is 11.8 Å². The highest BCUT2D eigenvalue weighted by Gasteiger charge is 2.28. The molecule has 122 valence electrons. The van der Waals surface area contributed by atoms with Crippen molar-refractivity contribution in [3.05, 3.63) is 35.5 Å². The summed E-state index contributed by atoms with van der Waals surface area (Å²) in [5, 5.41) is 3.82. The molecule has 4 nitrogen and oxygen atoms in total. The monoisotopic (exact) mass is 312 g/mol. The third-order valence-corrected chi connectivity index (χ3v) is 5.26. The molecule has 0 aliphatic heterocycles. The lowest BCUT2D eigenvalue weighted by Gasteiger charge is -2.29. The van der Waals surface area contributed by atoms with E-state index in [0.29, 0.717) is 11.5 Å². The van der Waals surface area contributed by atoms with Gasteiger partial charge < -0.3 is 9.88 Å². The maximum absolute atomic E-state index is 12.7. The minimum absolute atomic E-state index is 0.121. The summed E-state index contributed by atoms with van der Waals surface area (Å²) in [6.45, 7) is 4.04. The molecule has 2 atom stereocenters. The van der Waals surface area contributed by atoms with E-state index < -0.39 is 11.7 Å². The second-order valence-corrected chi connectivity index (χ2v) is 6.71. The first kappa shape index (κ1) is 15.8. The van der Waals surface area contributed by atoms with Crippen LogP contribution in [-0.4, -0.2) is 22.3 Å². The number of para-hydroxylation sites is 1. The predicted octanol–water partition coefficient (Wildman–Crippen LogP) is 3.36. The van der Waals surface area contributed by atoms with E-state index in [1.807, 2.05) is 42.8 Å². The Balaban J connectivity index is 1.88. The fourth-order valence-electron chi connectivity index (χ4n) is 3.69. The van der Waals surface area contributed by atoms with Crippen LogP contribution in [0.15, 0.2) is 24.3 Å². The number of amides is 1. The van der Waals surface area contributed by atoms with E-state index in [1.54, 1.807) is 0 Å². The van der Waals surface area contributed by atoms with Crippen molar-refractivity contribution in [2.75, 3.05) is 0 Å². The molecule has 1 saturated carbocycles. The Labute approximate surface area is 136 Å². The minimum Gasteiger partial charge on any atom is -0.347 e. The zero-order valence-corrected chi connectivity index (χ0v) is 14.1. The highest BCUT2D eigenvalue weighted by atomic mass is 16.2. The molecule has 0 bridgehead atoms. The molecule has 1 aliphatic rings. The Morgan fingerprint density at radius 1 is 1.17 bits per heavy atom. The highest BCUT2D eigenvalue weighted by Crippen LogP contribution is 2.26. The summed E-state index contributed by atoms with van der Waals surface area (Å²) in [7, 11) is 1.93. The van der Waals surface area contributed by atoms with Crippen LogP contribution in [0.5, 0.6) is 0 Å². The number of carbonyl (C=O) groups is 2. The van der Waals surface area contributed by atoms with Crippen LogP contribution in [0.1, 0.15) is 48.7 Å². The molecular weight excluding hydrogens is 288 g/mol. The van der Waals surface area contributed by atoms with Gasteiger partial charge in [0.25, 0.3) is 11.7 Å². The summed E-state index contributed by atoms with van der Waals surface area (Å²) in [5.41, 5.74) is 2.35. The molecule has 4 heteroatoms. The normalized spacial score (nSPS) is 21.3. The minimum atomic E-state index is -0.469. The number of aromatic nitrogens is 1. The second kappa shape index (κ2) is 6.19. The number of nitrogens with zero attached hydrogens (tertiary/aromatic N) is 1. The summed E-state index contributed by atoms with van der Waals surface area (Å²) in [6, 6.07) is 7.85. The molecule has 1 aromatic carbocycles. The number of hydrogen-bond donors (Lipinski definition) is 1. The van der Waals surface area contributed by atoms with E-state index in [2.05, 4.69) is 12.2 Å². The zero-order chi connectivity index (χ0) is 16.6. The van der Waals surface area contributed by atoms with Gasteiger partial charge in [0.1, 0.15) is 0 Å². The van der Waals surface area contributed by atoms with Gasteiger partial charge in [0, 0.05) is 29.7 Å². The van der Waals surface area contributed by atoms with Crippen molar-refractivity contribution in [1.29, 1.82) is 0 Å². The lowest BCUT2D eigenvalue weighted by molar-refractivity contribution is -0.118. The van der Waals surface area contributed by atoms with Gasteiger partial charge in [0.15, 0.2) is 0 Å².